The number of carbonyl (C=O) groups is 1. The number of amides is 1. The van der Waals surface area contributed by atoms with Gasteiger partial charge in [-0.3, -0.25) is 9.69 Å². The molecule has 3 rings (SSSR count). The molecule has 2 fully saturated rings. The van der Waals surface area contributed by atoms with Crippen LogP contribution in [0, 0.1) is 19.3 Å². The fraction of sp³-hybridized carbons (Fsp3) is 0.778. The maximum Gasteiger partial charge on any atom is 0.228 e. The molecule has 1 aromatic heterocycles. The zero-order chi connectivity index (χ0) is 16.8. The maximum absolute atomic E-state index is 12.7. The van der Waals surface area contributed by atoms with Crippen LogP contribution in [0.3, 0.4) is 0 Å². The Morgan fingerprint density at radius 1 is 1.26 bits per heavy atom. The van der Waals surface area contributed by atoms with Crippen molar-refractivity contribution in [3.63, 3.8) is 0 Å². The molecule has 2 saturated heterocycles. The number of hydrogen-bond acceptors (Lipinski definition) is 4. The van der Waals surface area contributed by atoms with Crippen LogP contribution in [0.15, 0.2) is 4.52 Å². The number of likely N-dealkylation sites (tertiary alicyclic amines) is 2. The first-order valence-electron chi connectivity index (χ1n) is 8.69. The van der Waals surface area contributed by atoms with Crippen molar-refractivity contribution in [2.75, 3.05) is 19.6 Å². The molecule has 1 spiro atoms. The van der Waals surface area contributed by atoms with E-state index in [0.29, 0.717) is 0 Å². The predicted octanol–water partition coefficient (Wildman–Crippen LogP) is 2.90. The predicted molar refractivity (Wildman–Crippen MR) is 89.0 cm³/mol. The Labute approximate surface area is 139 Å². The molecule has 2 aliphatic heterocycles. The number of carbonyl (C=O) groups excluding carboxylic acids is 1. The lowest BCUT2D eigenvalue weighted by Crippen LogP contribution is -2.67. The molecule has 2 aliphatic rings. The summed E-state index contributed by atoms with van der Waals surface area (Å²) >= 11 is 0. The van der Waals surface area contributed by atoms with Crippen molar-refractivity contribution in [2.45, 2.75) is 66.0 Å². The van der Waals surface area contributed by atoms with Crippen LogP contribution in [0.25, 0.3) is 0 Å². The molecule has 5 nitrogen and oxygen atoms in total. The van der Waals surface area contributed by atoms with Crippen LogP contribution in [-0.2, 0) is 11.3 Å². The van der Waals surface area contributed by atoms with Crippen LogP contribution < -0.4 is 0 Å². The lowest BCUT2D eigenvalue weighted by Gasteiger charge is -2.57. The first-order chi connectivity index (χ1) is 10.7. The number of rotatable bonds is 2. The van der Waals surface area contributed by atoms with Gasteiger partial charge in [-0.05, 0) is 33.1 Å². The van der Waals surface area contributed by atoms with Crippen LogP contribution in [0.2, 0.25) is 0 Å². The van der Waals surface area contributed by atoms with E-state index in [1.165, 1.54) is 18.4 Å². The fourth-order valence-electron chi connectivity index (χ4n) is 3.97. The van der Waals surface area contributed by atoms with Gasteiger partial charge in [0.2, 0.25) is 5.91 Å². The Kier molecular flexibility index (Phi) is 4.03. The van der Waals surface area contributed by atoms with Crippen LogP contribution in [0.5, 0.6) is 0 Å². The third-order valence-electron chi connectivity index (χ3n) is 5.53. The van der Waals surface area contributed by atoms with Crippen molar-refractivity contribution < 1.29 is 9.32 Å². The monoisotopic (exact) mass is 319 g/mol. The Morgan fingerprint density at radius 2 is 2.00 bits per heavy atom. The van der Waals surface area contributed by atoms with Crippen molar-refractivity contribution in [3.05, 3.63) is 17.0 Å². The standard InChI is InChI=1S/C18H29N3O2/c1-13-15(14(2)23-19-13)11-21-10-8-18(21)7-6-9-20(12-18)16(22)17(3,4)5/h6-12H2,1-5H3/t18-/m1/s1. The van der Waals surface area contributed by atoms with E-state index in [9.17, 15) is 4.79 Å². The van der Waals surface area contributed by atoms with Gasteiger partial charge < -0.3 is 9.42 Å². The zero-order valence-corrected chi connectivity index (χ0v) is 15.1. The summed E-state index contributed by atoms with van der Waals surface area (Å²) in [7, 11) is 0. The lowest BCUT2D eigenvalue weighted by molar-refractivity contribution is -0.148. The van der Waals surface area contributed by atoms with E-state index < -0.39 is 0 Å². The Morgan fingerprint density at radius 3 is 2.52 bits per heavy atom. The second kappa shape index (κ2) is 5.62. The van der Waals surface area contributed by atoms with Crippen LogP contribution >= 0.6 is 0 Å². The third-order valence-corrected chi connectivity index (χ3v) is 5.53. The number of hydrogen-bond donors (Lipinski definition) is 0. The number of aryl methyl sites for hydroxylation is 2. The van der Waals surface area contributed by atoms with Gasteiger partial charge in [0, 0.05) is 42.7 Å². The summed E-state index contributed by atoms with van der Waals surface area (Å²) in [6.07, 6.45) is 3.47. The maximum atomic E-state index is 12.7. The van der Waals surface area contributed by atoms with E-state index in [4.69, 9.17) is 4.52 Å². The summed E-state index contributed by atoms with van der Waals surface area (Å²) in [5, 5.41) is 4.07. The van der Waals surface area contributed by atoms with E-state index in [1.54, 1.807) is 0 Å². The van der Waals surface area contributed by atoms with Crippen LogP contribution in [-0.4, -0.2) is 46.0 Å². The quantitative estimate of drug-likeness (QED) is 0.841. The second-order valence-corrected chi connectivity index (χ2v) is 8.28. The van der Waals surface area contributed by atoms with Crippen molar-refractivity contribution in [1.82, 2.24) is 15.0 Å². The van der Waals surface area contributed by atoms with Crippen molar-refractivity contribution >= 4 is 5.91 Å². The first kappa shape index (κ1) is 16.5. The van der Waals surface area contributed by atoms with Gasteiger partial charge in [-0.1, -0.05) is 25.9 Å². The molecule has 1 amide bonds. The molecular formula is C18H29N3O2. The highest BCUT2D eigenvalue weighted by Crippen LogP contribution is 2.41. The van der Waals surface area contributed by atoms with E-state index in [2.05, 4.69) is 15.0 Å². The van der Waals surface area contributed by atoms with E-state index >= 15 is 0 Å². The smallest absolute Gasteiger partial charge is 0.228 e. The highest BCUT2D eigenvalue weighted by molar-refractivity contribution is 5.81. The SMILES string of the molecule is Cc1noc(C)c1CN1CC[C@@]12CCCN(C(=O)C(C)(C)C)C2. The molecule has 1 atom stereocenters. The Hall–Kier alpha value is -1.36. The highest BCUT2D eigenvalue weighted by Gasteiger charge is 2.49. The molecule has 0 radical (unpaired) electrons. The van der Waals surface area contributed by atoms with Gasteiger partial charge in [-0.25, -0.2) is 0 Å². The largest absolute Gasteiger partial charge is 0.361 e. The van der Waals surface area contributed by atoms with Gasteiger partial charge in [0.25, 0.3) is 0 Å². The minimum absolute atomic E-state index is 0.162. The molecule has 0 aliphatic carbocycles. The third kappa shape index (κ3) is 2.91. The van der Waals surface area contributed by atoms with Gasteiger partial charge in [0.15, 0.2) is 0 Å². The normalized spacial score (nSPS) is 25.7. The second-order valence-electron chi connectivity index (χ2n) is 8.28. The van der Waals surface area contributed by atoms with Gasteiger partial charge in [-0.15, -0.1) is 0 Å². The Bertz CT molecular complexity index is 582. The average Bonchev–Trinajstić information content (AvgIpc) is 2.81. The van der Waals surface area contributed by atoms with Gasteiger partial charge in [0.1, 0.15) is 5.76 Å². The number of nitrogens with zero attached hydrogens (tertiary/aromatic N) is 3. The first-order valence-corrected chi connectivity index (χ1v) is 8.69. The molecule has 23 heavy (non-hydrogen) atoms. The highest BCUT2D eigenvalue weighted by atomic mass is 16.5. The van der Waals surface area contributed by atoms with Crippen molar-refractivity contribution in [3.8, 4) is 0 Å². The molecule has 0 N–H and O–H groups in total. The molecular weight excluding hydrogens is 290 g/mol. The summed E-state index contributed by atoms with van der Waals surface area (Å²) in [5.74, 6) is 1.20. The lowest BCUT2D eigenvalue weighted by atomic mass is 9.76. The topological polar surface area (TPSA) is 49.6 Å². The molecule has 0 aromatic carbocycles. The summed E-state index contributed by atoms with van der Waals surface area (Å²) in [5.41, 5.74) is 2.07. The summed E-state index contributed by atoms with van der Waals surface area (Å²) in [6.45, 7) is 13.8. The number of piperidine rings is 1. The fourth-order valence-corrected chi connectivity index (χ4v) is 3.97. The molecule has 0 unspecified atom stereocenters. The minimum Gasteiger partial charge on any atom is -0.361 e. The zero-order valence-electron chi connectivity index (χ0n) is 15.1. The molecule has 5 heteroatoms. The van der Waals surface area contributed by atoms with E-state index in [0.717, 1.165) is 44.1 Å². The molecule has 0 saturated carbocycles. The van der Waals surface area contributed by atoms with Gasteiger partial charge in [-0.2, -0.15) is 0 Å². The number of aromatic nitrogens is 1. The van der Waals surface area contributed by atoms with Crippen LogP contribution in [0.1, 0.15) is 57.1 Å². The summed E-state index contributed by atoms with van der Waals surface area (Å²) in [6, 6.07) is 0. The molecule has 1 aromatic rings. The van der Waals surface area contributed by atoms with E-state index in [1.807, 2.05) is 34.6 Å². The van der Waals surface area contributed by atoms with Gasteiger partial charge >= 0.3 is 0 Å². The molecule has 3 heterocycles. The van der Waals surface area contributed by atoms with E-state index in [-0.39, 0.29) is 16.9 Å². The Balaban J connectivity index is 1.73. The molecule has 128 valence electrons. The van der Waals surface area contributed by atoms with Crippen molar-refractivity contribution in [1.29, 1.82) is 0 Å². The minimum atomic E-state index is -0.297. The van der Waals surface area contributed by atoms with Gasteiger partial charge in [0.05, 0.1) is 5.69 Å². The summed E-state index contributed by atoms with van der Waals surface area (Å²) < 4.78 is 5.30. The summed E-state index contributed by atoms with van der Waals surface area (Å²) in [4.78, 5) is 17.3. The molecule has 0 bridgehead atoms. The van der Waals surface area contributed by atoms with Crippen LogP contribution in [0.4, 0.5) is 0 Å². The van der Waals surface area contributed by atoms with Crippen molar-refractivity contribution in [2.24, 2.45) is 5.41 Å². The average molecular weight is 319 g/mol.